The average Bonchev–Trinajstić information content (AvgIpc) is 2.62. The molecular formula is C20H26N2O3S. The van der Waals surface area contributed by atoms with E-state index in [4.69, 9.17) is 5.73 Å². The predicted molar refractivity (Wildman–Crippen MR) is 105 cm³/mol. The van der Waals surface area contributed by atoms with E-state index in [0.717, 1.165) is 12.8 Å². The van der Waals surface area contributed by atoms with Gasteiger partial charge in [-0.15, -0.1) is 0 Å². The largest absolute Gasteiger partial charge is 0.397 e. The molecule has 0 saturated heterocycles. The number of benzene rings is 1. The summed E-state index contributed by atoms with van der Waals surface area (Å²) in [6.45, 7) is 3.41. The monoisotopic (exact) mass is 374 g/mol. The number of hydrogen-bond acceptors (Lipinski definition) is 5. The van der Waals surface area contributed by atoms with Gasteiger partial charge in [0.15, 0.2) is 9.84 Å². The van der Waals surface area contributed by atoms with Crippen LogP contribution in [0.5, 0.6) is 0 Å². The van der Waals surface area contributed by atoms with Crippen molar-refractivity contribution in [1.29, 1.82) is 0 Å². The summed E-state index contributed by atoms with van der Waals surface area (Å²) < 4.78 is 23.6. The molecule has 2 aromatic rings. The molecule has 0 fully saturated rings. The summed E-state index contributed by atoms with van der Waals surface area (Å²) in [6, 6.07) is 12.4. The van der Waals surface area contributed by atoms with E-state index in [9.17, 15) is 13.2 Å². The maximum absolute atomic E-state index is 12.5. The summed E-state index contributed by atoms with van der Waals surface area (Å²) in [5.74, 6) is 0.0787. The molecule has 0 atom stereocenters. The fourth-order valence-electron chi connectivity index (χ4n) is 2.58. The van der Waals surface area contributed by atoms with E-state index in [-0.39, 0.29) is 16.8 Å². The molecule has 0 bridgehead atoms. The molecule has 140 valence electrons. The highest BCUT2D eigenvalue weighted by atomic mass is 32.2. The second kappa shape index (κ2) is 8.94. The number of nitrogens with two attached hydrogens (primary N) is 1. The third-order valence-corrected chi connectivity index (χ3v) is 6.63. The lowest BCUT2D eigenvalue weighted by Crippen LogP contribution is -2.17. The Kier molecular flexibility index (Phi) is 6.91. The molecule has 0 radical (unpaired) electrons. The SMILES string of the molecule is CC(C)S(=O)(=O)CCCCCc1nc(C(=O)c2ccccc2)ccc1N. The Morgan fingerprint density at radius 1 is 1.04 bits per heavy atom. The lowest BCUT2D eigenvalue weighted by molar-refractivity contribution is 0.103. The second-order valence-corrected chi connectivity index (χ2v) is 9.33. The fourth-order valence-corrected chi connectivity index (χ4v) is 3.66. The van der Waals surface area contributed by atoms with Crippen LogP contribution in [0.1, 0.15) is 54.9 Å². The van der Waals surface area contributed by atoms with E-state index >= 15 is 0 Å². The van der Waals surface area contributed by atoms with Crippen LogP contribution in [0, 0.1) is 0 Å². The van der Waals surface area contributed by atoms with Crippen LogP contribution >= 0.6 is 0 Å². The first kappa shape index (κ1) is 20.1. The number of unbranched alkanes of at least 4 members (excludes halogenated alkanes) is 2. The first-order chi connectivity index (χ1) is 12.3. The van der Waals surface area contributed by atoms with E-state index in [1.807, 2.05) is 18.2 Å². The van der Waals surface area contributed by atoms with Crippen molar-refractivity contribution in [3.8, 4) is 0 Å². The van der Waals surface area contributed by atoms with Gasteiger partial charge in [-0.25, -0.2) is 13.4 Å². The minimum Gasteiger partial charge on any atom is -0.397 e. The van der Waals surface area contributed by atoms with E-state index in [0.29, 0.717) is 35.5 Å². The zero-order valence-corrected chi connectivity index (χ0v) is 16.1. The van der Waals surface area contributed by atoms with Gasteiger partial charge >= 0.3 is 0 Å². The van der Waals surface area contributed by atoms with Crippen molar-refractivity contribution in [1.82, 2.24) is 4.98 Å². The molecule has 0 amide bonds. The van der Waals surface area contributed by atoms with E-state index in [1.165, 1.54) is 0 Å². The fraction of sp³-hybridized carbons (Fsp3) is 0.400. The Hall–Kier alpha value is -2.21. The molecule has 2 N–H and O–H groups in total. The molecule has 6 heteroatoms. The number of carbonyl (C=O) groups excluding carboxylic acids is 1. The number of carbonyl (C=O) groups is 1. The van der Waals surface area contributed by atoms with Crippen molar-refractivity contribution in [3.05, 3.63) is 59.4 Å². The van der Waals surface area contributed by atoms with Crippen molar-refractivity contribution in [2.75, 3.05) is 11.5 Å². The highest BCUT2D eigenvalue weighted by Crippen LogP contribution is 2.16. The average molecular weight is 375 g/mol. The second-order valence-electron chi connectivity index (χ2n) is 6.65. The normalized spacial score (nSPS) is 11.7. The lowest BCUT2D eigenvalue weighted by Gasteiger charge is -2.09. The third kappa shape index (κ3) is 5.39. The Bertz CT molecular complexity index is 847. The van der Waals surface area contributed by atoms with Crippen LogP contribution in [-0.4, -0.2) is 30.2 Å². The van der Waals surface area contributed by atoms with Crippen molar-refractivity contribution in [3.63, 3.8) is 0 Å². The van der Waals surface area contributed by atoms with Crippen LogP contribution in [0.15, 0.2) is 42.5 Å². The van der Waals surface area contributed by atoms with Crippen LogP contribution < -0.4 is 5.73 Å². The molecule has 0 saturated carbocycles. The third-order valence-electron chi connectivity index (χ3n) is 4.34. The highest BCUT2D eigenvalue weighted by molar-refractivity contribution is 7.91. The molecule has 1 heterocycles. The van der Waals surface area contributed by atoms with Crippen LogP contribution in [-0.2, 0) is 16.3 Å². The van der Waals surface area contributed by atoms with Crippen LogP contribution in [0.4, 0.5) is 5.69 Å². The summed E-state index contributed by atoms with van der Waals surface area (Å²) in [5.41, 5.74) is 8.20. The minimum absolute atomic E-state index is 0.130. The number of sulfone groups is 1. The molecule has 26 heavy (non-hydrogen) atoms. The van der Waals surface area contributed by atoms with Gasteiger partial charge < -0.3 is 5.73 Å². The number of pyridine rings is 1. The number of hydrogen-bond donors (Lipinski definition) is 1. The highest BCUT2D eigenvalue weighted by Gasteiger charge is 2.15. The van der Waals surface area contributed by atoms with Gasteiger partial charge in [0.25, 0.3) is 0 Å². The summed E-state index contributed by atoms with van der Waals surface area (Å²) in [7, 11) is -2.99. The van der Waals surface area contributed by atoms with Gasteiger partial charge in [-0.2, -0.15) is 0 Å². The number of nitrogens with zero attached hydrogens (tertiary/aromatic N) is 1. The molecule has 0 spiro atoms. The maximum atomic E-state index is 12.5. The summed E-state index contributed by atoms with van der Waals surface area (Å²) >= 11 is 0. The Balaban J connectivity index is 1.95. The van der Waals surface area contributed by atoms with Crippen LogP contribution in [0.2, 0.25) is 0 Å². The van der Waals surface area contributed by atoms with Crippen LogP contribution in [0.25, 0.3) is 0 Å². The summed E-state index contributed by atoms with van der Waals surface area (Å²) in [5, 5.41) is -0.333. The number of aromatic nitrogens is 1. The zero-order valence-electron chi connectivity index (χ0n) is 15.3. The topological polar surface area (TPSA) is 90.1 Å². The first-order valence-corrected chi connectivity index (χ1v) is 10.6. The molecular weight excluding hydrogens is 348 g/mol. The van der Waals surface area contributed by atoms with E-state index in [1.54, 1.807) is 38.1 Å². The van der Waals surface area contributed by atoms with Gasteiger partial charge in [0.2, 0.25) is 5.78 Å². The minimum atomic E-state index is -2.99. The predicted octanol–water partition coefficient (Wildman–Crippen LogP) is 3.43. The summed E-state index contributed by atoms with van der Waals surface area (Å²) in [6.07, 6.45) is 2.82. The number of ketones is 1. The lowest BCUT2D eigenvalue weighted by atomic mass is 10.1. The molecule has 5 nitrogen and oxygen atoms in total. The van der Waals surface area contributed by atoms with Gasteiger partial charge in [-0.05, 0) is 45.2 Å². The molecule has 0 aliphatic rings. The number of rotatable bonds is 9. The van der Waals surface area contributed by atoms with Crippen molar-refractivity contribution >= 4 is 21.3 Å². The van der Waals surface area contributed by atoms with Gasteiger partial charge in [0, 0.05) is 5.56 Å². The Morgan fingerprint density at radius 3 is 2.38 bits per heavy atom. The Morgan fingerprint density at radius 2 is 1.73 bits per heavy atom. The van der Waals surface area contributed by atoms with Gasteiger partial charge in [0.05, 0.1) is 22.4 Å². The molecule has 1 aromatic heterocycles. The molecule has 0 unspecified atom stereocenters. The molecule has 2 rings (SSSR count). The zero-order chi connectivity index (χ0) is 19.2. The molecule has 0 aliphatic carbocycles. The van der Waals surface area contributed by atoms with E-state index < -0.39 is 9.84 Å². The smallest absolute Gasteiger partial charge is 0.211 e. The van der Waals surface area contributed by atoms with Gasteiger partial charge in [0.1, 0.15) is 5.69 Å². The van der Waals surface area contributed by atoms with Crippen molar-refractivity contribution in [2.24, 2.45) is 0 Å². The quantitative estimate of drug-likeness (QED) is 0.536. The number of nitrogen functional groups attached to an aromatic ring is 1. The standard InChI is InChI=1S/C20H26N2O3S/c1-15(2)26(24,25)14-8-4-7-11-18-17(21)12-13-19(22-18)20(23)16-9-5-3-6-10-16/h3,5-6,9-10,12-13,15H,4,7-8,11,14,21H2,1-2H3. The van der Waals surface area contributed by atoms with Crippen LogP contribution in [0.3, 0.4) is 0 Å². The van der Waals surface area contributed by atoms with E-state index in [2.05, 4.69) is 4.98 Å². The van der Waals surface area contributed by atoms with Gasteiger partial charge in [-0.3, -0.25) is 4.79 Å². The van der Waals surface area contributed by atoms with Crippen molar-refractivity contribution < 1.29 is 13.2 Å². The molecule has 1 aromatic carbocycles. The first-order valence-electron chi connectivity index (χ1n) is 8.88. The van der Waals surface area contributed by atoms with Crippen molar-refractivity contribution in [2.45, 2.75) is 44.8 Å². The summed E-state index contributed by atoms with van der Waals surface area (Å²) in [4.78, 5) is 16.9. The van der Waals surface area contributed by atoms with Gasteiger partial charge in [-0.1, -0.05) is 36.8 Å². The maximum Gasteiger partial charge on any atom is 0.211 e. The molecule has 0 aliphatic heterocycles. The number of anilines is 1. The number of aryl methyl sites for hydroxylation is 1. The Labute approximate surface area is 155 Å².